The van der Waals surface area contributed by atoms with E-state index in [9.17, 15) is 4.79 Å². The Morgan fingerprint density at radius 2 is 2.47 bits per heavy atom. The number of carbonyl (C=O) groups excluding carboxylic acids is 1. The quantitative estimate of drug-likeness (QED) is 0.699. The van der Waals surface area contributed by atoms with E-state index >= 15 is 0 Å². The maximum Gasteiger partial charge on any atom is 0.237 e. The predicted molar refractivity (Wildman–Crippen MR) is 71.7 cm³/mol. The highest BCUT2D eigenvalue weighted by molar-refractivity contribution is 5.81. The second-order valence-corrected chi connectivity index (χ2v) is 4.96. The number of nitrogens with one attached hydrogen (secondary N) is 2. The van der Waals surface area contributed by atoms with Gasteiger partial charge in [-0.2, -0.15) is 5.10 Å². The zero-order chi connectivity index (χ0) is 13.8. The summed E-state index contributed by atoms with van der Waals surface area (Å²) in [6.45, 7) is 2.44. The largest absolute Gasteiger partial charge is 0.394 e. The van der Waals surface area contributed by atoms with Crippen LogP contribution in [0, 0.1) is 0 Å². The molecule has 0 aliphatic heterocycles. The molecule has 1 heterocycles. The van der Waals surface area contributed by atoms with Gasteiger partial charge in [-0.25, -0.2) is 0 Å². The molecule has 2 rings (SSSR count). The molecular formula is C13H22N4O2. The van der Waals surface area contributed by atoms with E-state index in [1.807, 2.05) is 17.8 Å². The highest BCUT2D eigenvalue weighted by atomic mass is 16.3. The molecule has 0 saturated carbocycles. The summed E-state index contributed by atoms with van der Waals surface area (Å²) in [7, 11) is 1.77. The van der Waals surface area contributed by atoms with E-state index < -0.39 is 0 Å². The summed E-state index contributed by atoms with van der Waals surface area (Å²) >= 11 is 0. The molecule has 0 fully saturated rings. The molecule has 6 nitrogen and oxygen atoms in total. The average Bonchev–Trinajstić information content (AvgIpc) is 2.83. The lowest BCUT2D eigenvalue weighted by atomic mass is 9.92. The molecule has 19 heavy (non-hydrogen) atoms. The van der Waals surface area contributed by atoms with Crippen LogP contribution in [0.2, 0.25) is 0 Å². The van der Waals surface area contributed by atoms with Crippen molar-refractivity contribution in [2.24, 2.45) is 0 Å². The molecule has 2 atom stereocenters. The third-order valence-electron chi connectivity index (χ3n) is 3.72. The fraction of sp³-hybridized carbons (Fsp3) is 0.692. The lowest BCUT2D eigenvalue weighted by molar-refractivity contribution is -0.123. The smallest absolute Gasteiger partial charge is 0.237 e. The Labute approximate surface area is 113 Å². The normalized spacial score (nSPS) is 19.8. The van der Waals surface area contributed by atoms with Gasteiger partial charge >= 0.3 is 0 Å². The molecule has 0 aromatic carbocycles. The lowest BCUT2D eigenvalue weighted by Crippen LogP contribution is -2.42. The van der Waals surface area contributed by atoms with E-state index in [4.69, 9.17) is 5.11 Å². The Bertz CT molecular complexity index is 444. The first kappa shape index (κ1) is 14.0. The number of fused-ring (bicyclic) bond motifs is 1. The van der Waals surface area contributed by atoms with Gasteiger partial charge in [0, 0.05) is 11.3 Å². The minimum atomic E-state index is -0.196. The van der Waals surface area contributed by atoms with Gasteiger partial charge in [-0.1, -0.05) is 0 Å². The van der Waals surface area contributed by atoms with Gasteiger partial charge in [-0.15, -0.1) is 0 Å². The van der Waals surface area contributed by atoms with Crippen molar-refractivity contribution in [3.8, 4) is 0 Å². The van der Waals surface area contributed by atoms with Crippen molar-refractivity contribution >= 4 is 5.91 Å². The topological polar surface area (TPSA) is 79.2 Å². The molecule has 6 heteroatoms. The molecule has 1 amide bonds. The summed E-state index contributed by atoms with van der Waals surface area (Å²) in [5.41, 5.74) is 2.24. The SMILES string of the molecule is CNC(C)C(=O)NC1CCCc2c1cnn2CCO. The molecule has 2 unspecified atom stereocenters. The van der Waals surface area contributed by atoms with Crippen molar-refractivity contribution in [3.05, 3.63) is 17.5 Å². The van der Waals surface area contributed by atoms with E-state index in [1.54, 1.807) is 7.05 Å². The van der Waals surface area contributed by atoms with Crippen molar-refractivity contribution in [1.82, 2.24) is 20.4 Å². The molecule has 1 aliphatic carbocycles. The fourth-order valence-corrected chi connectivity index (χ4v) is 2.48. The zero-order valence-corrected chi connectivity index (χ0v) is 11.5. The van der Waals surface area contributed by atoms with Crippen molar-refractivity contribution in [2.45, 2.75) is 44.8 Å². The maximum absolute atomic E-state index is 11.9. The van der Waals surface area contributed by atoms with Gasteiger partial charge in [0.1, 0.15) is 0 Å². The predicted octanol–water partition coefficient (Wildman–Crippen LogP) is -0.0231. The van der Waals surface area contributed by atoms with Gasteiger partial charge < -0.3 is 15.7 Å². The Balaban J connectivity index is 2.12. The standard InChI is InChI=1S/C13H22N4O2/c1-9(14-2)13(19)16-11-4-3-5-12-10(11)8-15-17(12)6-7-18/h8-9,11,14,18H,3-7H2,1-2H3,(H,16,19). The summed E-state index contributed by atoms with van der Waals surface area (Å²) in [5, 5.41) is 19.3. The maximum atomic E-state index is 11.9. The van der Waals surface area contributed by atoms with Gasteiger partial charge in [0.2, 0.25) is 5.91 Å². The van der Waals surface area contributed by atoms with Gasteiger partial charge in [0.15, 0.2) is 0 Å². The fourth-order valence-electron chi connectivity index (χ4n) is 2.48. The third kappa shape index (κ3) is 2.96. The molecule has 0 bridgehead atoms. The second kappa shape index (κ2) is 6.16. The van der Waals surface area contributed by atoms with Crippen LogP contribution in [0.15, 0.2) is 6.20 Å². The van der Waals surface area contributed by atoms with Crippen LogP contribution in [0.1, 0.15) is 37.1 Å². The number of aliphatic hydroxyl groups is 1. The number of nitrogens with zero attached hydrogens (tertiary/aromatic N) is 2. The molecule has 0 spiro atoms. The van der Waals surface area contributed by atoms with Crippen LogP contribution in [0.25, 0.3) is 0 Å². The lowest BCUT2D eigenvalue weighted by Gasteiger charge is -2.25. The number of hydrogen-bond donors (Lipinski definition) is 3. The summed E-state index contributed by atoms with van der Waals surface area (Å²) in [5.74, 6) is 0.00950. The van der Waals surface area contributed by atoms with E-state index in [2.05, 4.69) is 15.7 Å². The molecule has 106 valence electrons. The van der Waals surface area contributed by atoms with Crippen LogP contribution in [-0.2, 0) is 17.8 Å². The van der Waals surface area contributed by atoms with E-state index in [-0.39, 0.29) is 24.6 Å². The van der Waals surface area contributed by atoms with Crippen molar-refractivity contribution in [2.75, 3.05) is 13.7 Å². The van der Waals surface area contributed by atoms with Crippen molar-refractivity contribution in [3.63, 3.8) is 0 Å². The van der Waals surface area contributed by atoms with Gasteiger partial charge in [0.05, 0.1) is 31.4 Å². The number of hydrogen-bond acceptors (Lipinski definition) is 4. The van der Waals surface area contributed by atoms with Crippen molar-refractivity contribution in [1.29, 1.82) is 0 Å². The Hall–Kier alpha value is -1.40. The average molecular weight is 266 g/mol. The van der Waals surface area contributed by atoms with Gasteiger partial charge in [0.25, 0.3) is 0 Å². The molecule has 0 saturated heterocycles. The van der Waals surface area contributed by atoms with Crippen LogP contribution in [0.5, 0.6) is 0 Å². The summed E-state index contributed by atoms with van der Waals surface area (Å²) in [4.78, 5) is 11.9. The van der Waals surface area contributed by atoms with Crippen molar-refractivity contribution < 1.29 is 9.90 Å². The number of carbonyl (C=O) groups is 1. The molecule has 1 aromatic rings. The van der Waals surface area contributed by atoms with E-state index in [1.165, 1.54) is 0 Å². The zero-order valence-electron chi connectivity index (χ0n) is 11.5. The highest BCUT2D eigenvalue weighted by Gasteiger charge is 2.26. The Morgan fingerprint density at radius 3 is 3.16 bits per heavy atom. The highest BCUT2D eigenvalue weighted by Crippen LogP contribution is 2.29. The number of aromatic nitrogens is 2. The summed E-state index contributed by atoms with van der Waals surface area (Å²) < 4.78 is 1.84. The van der Waals surface area contributed by atoms with Gasteiger partial charge in [-0.3, -0.25) is 9.48 Å². The first-order valence-corrected chi connectivity index (χ1v) is 6.80. The monoisotopic (exact) mass is 266 g/mol. The molecule has 1 aliphatic rings. The number of aliphatic hydroxyl groups excluding tert-OH is 1. The van der Waals surface area contributed by atoms with Gasteiger partial charge in [-0.05, 0) is 33.2 Å². The molecule has 1 aromatic heterocycles. The number of likely N-dealkylation sites (N-methyl/N-ethyl adjacent to an activating group) is 1. The first-order valence-electron chi connectivity index (χ1n) is 6.80. The minimum Gasteiger partial charge on any atom is -0.394 e. The number of rotatable bonds is 5. The Kier molecular flexibility index (Phi) is 4.55. The Morgan fingerprint density at radius 1 is 1.68 bits per heavy atom. The molecule has 0 radical (unpaired) electrons. The van der Waals surface area contributed by atoms with E-state index in [0.717, 1.165) is 30.5 Å². The van der Waals surface area contributed by atoms with Crippen LogP contribution in [0.3, 0.4) is 0 Å². The molecular weight excluding hydrogens is 244 g/mol. The molecule has 3 N–H and O–H groups in total. The van der Waals surface area contributed by atoms with E-state index in [0.29, 0.717) is 6.54 Å². The van der Waals surface area contributed by atoms with Crippen LogP contribution in [-0.4, -0.2) is 40.5 Å². The van der Waals surface area contributed by atoms with Crippen LogP contribution < -0.4 is 10.6 Å². The first-order chi connectivity index (χ1) is 9.17. The number of amides is 1. The summed E-state index contributed by atoms with van der Waals surface area (Å²) in [6.07, 6.45) is 4.76. The minimum absolute atomic E-state index is 0.00950. The third-order valence-corrected chi connectivity index (χ3v) is 3.72. The van der Waals surface area contributed by atoms with Crippen LogP contribution >= 0.6 is 0 Å². The van der Waals surface area contributed by atoms with Crippen LogP contribution in [0.4, 0.5) is 0 Å². The second-order valence-electron chi connectivity index (χ2n) is 4.96. The summed E-state index contributed by atoms with van der Waals surface area (Å²) in [6, 6.07) is -0.155.